The third-order valence-electron chi connectivity index (χ3n) is 2.36. The van der Waals surface area contributed by atoms with Gasteiger partial charge >= 0.3 is 5.97 Å². The molecule has 0 aliphatic rings. The highest BCUT2D eigenvalue weighted by Gasteiger charge is 2.08. The zero-order valence-corrected chi connectivity index (χ0v) is 9.90. The number of rotatable bonds is 4. The Balaban J connectivity index is 2.88. The van der Waals surface area contributed by atoms with Gasteiger partial charge in [0.2, 0.25) is 0 Å². The summed E-state index contributed by atoms with van der Waals surface area (Å²) in [6, 6.07) is 5.00. The number of ether oxygens (including phenoxy) is 1. The quantitative estimate of drug-likeness (QED) is 0.728. The standard InChI is InChI=1S/C12H14N2O3/c1-3-17-11(15)6-7-14-9(2)4-5-10(8-13)12(14)16/h4-5H,3,6-7H2,1-2H3. The normalized spacial score (nSPS) is 9.71. The molecule has 17 heavy (non-hydrogen) atoms. The molecule has 0 aliphatic carbocycles. The van der Waals surface area contributed by atoms with E-state index >= 15 is 0 Å². The fraction of sp³-hybridized carbons (Fsp3) is 0.417. The molecule has 5 heteroatoms. The lowest BCUT2D eigenvalue weighted by atomic mass is 10.2. The number of carbonyl (C=O) groups is 1. The summed E-state index contributed by atoms with van der Waals surface area (Å²) in [5.41, 5.74) is 0.439. The fourth-order valence-corrected chi connectivity index (χ4v) is 1.47. The molecule has 0 spiro atoms. The molecule has 0 N–H and O–H groups in total. The van der Waals surface area contributed by atoms with Crippen LogP contribution in [0.4, 0.5) is 0 Å². The van der Waals surface area contributed by atoms with E-state index in [1.807, 2.05) is 6.07 Å². The lowest BCUT2D eigenvalue weighted by Crippen LogP contribution is -2.25. The molecule has 1 heterocycles. The van der Waals surface area contributed by atoms with E-state index < -0.39 is 0 Å². The predicted molar refractivity (Wildman–Crippen MR) is 61.4 cm³/mol. The molecule has 0 bridgehead atoms. The first-order valence-electron chi connectivity index (χ1n) is 5.36. The number of nitrogens with zero attached hydrogens (tertiary/aromatic N) is 2. The van der Waals surface area contributed by atoms with Crippen molar-refractivity contribution in [3.63, 3.8) is 0 Å². The summed E-state index contributed by atoms with van der Waals surface area (Å²) in [5, 5.41) is 8.74. The molecule has 0 amide bonds. The minimum atomic E-state index is -0.364. The van der Waals surface area contributed by atoms with Gasteiger partial charge in [0, 0.05) is 12.2 Å². The van der Waals surface area contributed by atoms with E-state index in [1.54, 1.807) is 19.9 Å². The van der Waals surface area contributed by atoms with Crippen molar-refractivity contribution in [3.05, 3.63) is 33.7 Å². The van der Waals surface area contributed by atoms with Gasteiger partial charge in [-0.2, -0.15) is 5.26 Å². The van der Waals surface area contributed by atoms with Gasteiger partial charge in [-0.15, -0.1) is 0 Å². The summed E-state index contributed by atoms with van der Waals surface area (Å²) >= 11 is 0. The summed E-state index contributed by atoms with van der Waals surface area (Å²) in [6.07, 6.45) is 0.128. The summed E-state index contributed by atoms with van der Waals surface area (Å²) in [5.74, 6) is -0.346. The van der Waals surface area contributed by atoms with Crippen LogP contribution < -0.4 is 5.56 Å². The molecular weight excluding hydrogens is 220 g/mol. The average Bonchev–Trinajstić information content (AvgIpc) is 2.29. The van der Waals surface area contributed by atoms with Crippen molar-refractivity contribution in [1.29, 1.82) is 5.26 Å². The van der Waals surface area contributed by atoms with Gasteiger partial charge in [-0.05, 0) is 26.0 Å². The second-order valence-electron chi connectivity index (χ2n) is 3.51. The van der Waals surface area contributed by atoms with Crippen molar-refractivity contribution in [1.82, 2.24) is 4.57 Å². The molecule has 0 radical (unpaired) electrons. The summed E-state index contributed by atoms with van der Waals surface area (Å²) < 4.78 is 6.19. The molecular formula is C12H14N2O3. The maximum Gasteiger partial charge on any atom is 0.307 e. The van der Waals surface area contributed by atoms with E-state index in [2.05, 4.69) is 0 Å². The topological polar surface area (TPSA) is 72.1 Å². The van der Waals surface area contributed by atoms with Gasteiger partial charge in [0.15, 0.2) is 0 Å². The summed E-state index contributed by atoms with van der Waals surface area (Å²) in [7, 11) is 0. The highest BCUT2D eigenvalue weighted by atomic mass is 16.5. The minimum Gasteiger partial charge on any atom is -0.466 e. The minimum absolute atomic E-state index is 0.0828. The van der Waals surface area contributed by atoms with Gasteiger partial charge in [-0.3, -0.25) is 9.59 Å². The predicted octanol–water partition coefficient (Wildman–Crippen LogP) is 0.982. The van der Waals surface area contributed by atoms with Crippen LogP contribution in [0.3, 0.4) is 0 Å². The zero-order chi connectivity index (χ0) is 12.8. The molecule has 1 aromatic heterocycles. The van der Waals surface area contributed by atoms with Crippen LogP contribution in [0.15, 0.2) is 16.9 Å². The van der Waals surface area contributed by atoms with Gasteiger partial charge in [-0.25, -0.2) is 0 Å². The first kappa shape index (κ1) is 13.0. The highest BCUT2D eigenvalue weighted by Crippen LogP contribution is 2.00. The molecule has 0 fully saturated rings. The van der Waals surface area contributed by atoms with E-state index in [9.17, 15) is 9.59 Å². The monoisotopic (exact) mass is 234 g/mol. The molecule has 1 aromatic rings. The Hall–Kier alpha value is -2.09. The molecule has 0 atom stereocenters. The third-order valence-corrected chi connectivity index (χ3v) is 2.36. The smallest absolute Gasteiger partial charge is 0.307 e. The van der Waals surface area contributed by atoms with Crippen LogP contribution in [0.25, 0.3) is 0 Å². The fourth-order valence-electron chi connectivity index (χ4n) is 1.47. The number of aromatic nitrogens is 1. The van der Waals surface area contributed by atoms with Crippen molar-refractivity contribution in [2.45, 2.75) is 26.8 Å². The number of hydrogen-bond donors (Lipinski definition) is 0. The average molecular weight is 234 g/mol. The molecule has 0 aliphatic heterocycles. The van der Waals surface area contributed by atoms with Crippen LogP contribution in [0.1, 0.15) is 24.6 Å². The van der Waals surface area contributed by atoms with Gasteiger partial charge in [-0.1, -0.05) is 0 Å². The Bertz CT molecular complexity index is 511. The Morgan fingerprint density at radius 3 is 2.82 bits per heavy atom. The molecule has 1 rings (SSSR count). The van der Waals surface area contributed by atoms with Crippen LogP contribution in [0, 0.1) is 18.3 Å². The Morgan fingerprint density at radius 1 is 1.53 bits per heavy atom. The summed E-state index contributed by atoms with van der Waals surface area (Å²) in [4.78, 5) is 23.0. The maximum atomic E-state index is 11.8. The third kappa shape index (κ3) is 3.18. The number of carbonyl (C=O) groups excluding carboxylic acids is 1. The zero-order valence-electron chi connectivity index (χ0n) is 9.90. The molecule has 0 aromatic carbocycles. The van der Waals surface area contributed by atoms with Crippen LogP contribution in [0.5, 0.6) is 0 Å². The van der Waals surface area contributed by atoms with Crippen LogP contribution in [-0.2, 0) is 16.1 Å². The molecule has 0 saturated carbocycles. The van der Waals surface area contributed by atoms with Crippen LogP contribution >= 0.6 is 0 Å². The van der Waals surface area contributed by atoms with E-state index in [0.29, 0.717) is 6.61 Å². The van der Waals surface area contributed by atoms with E-state index in [0.717, 1.165) is 5.69 Å². The van der Waals surface area contributed by atoms with E-state index in [1.165, 1.54) is 10.6 Å². The Morgan fingerprint density at radius 2 is 2.24 bits per heavy atom. The molecule has 90 valence electrons. The van der Waals surface area contributed by atoms with Crippen molar-refractivity contribution in [2.24, 2.45) is 0 Å². The first-order chi connectivity index (χ1) is 8.10. The Labute approximate surface area is 99.2 Å². The van der Waals surface area contributed by atoms with Gasteiger partial charge < -0.3 is 9.30 Å². The van der Waals surface area contributed by atoms with Crippen molar-refractivity contribution in [2.75, 3.05) is 6.61 Å². The van der Waals surface area contributed by atoms with Crippen LogP contribution in [-0.4, -0.2) is 17.1 Å². The van der Waals surface area contributed by atoms with Gasteiger partial charge in [0.25, 0.3) is 5.56 Å². The molecule has 5 nitrogen and oxygen atoms in total. The second-order valence-corrected chi connectivity index (χ2v) is 3.51. The van der Waals surface area contributed by atoms with Crippen molar-refractivity contribution in [3.8, 4) is 6.07 Å². The summed E-state index contributed by atoms with van der Waals surface area (Å²) in [6.45, 7) is 4.04. The lowest BCUT2D eigenvalue weighted by Gasteiger charge is -2.09. The Kier molecular flexibility index (Phi) is 4.46. The second kappa shape index (κ2) is 5.85. The van der Waals surface area contributed by atoms with Gasteiger partial charge in [0.05, 0.1) is 13.0 Å². The largest absolute Gasteiger partial charge is 0.466 e. The number of aryl methyl sites for hydroxylation is 1. The lowest BCUT2D eigenvalue weighted by molar-refractivity contribution is -0.143. The highest BCUT2D eigenvalue weighted by molar-refractivity contribution is 5.69. The van der Waals surface area contributed by atoms with Crippen LogP contribution in [0.2, 0.25) is 0 Å². The van der Waals surface area contributed by atoms with Gasteiger partial charge in [0.1, 0.15) is 11.6 Å². The number of hydrogen-bond acceptors (Lipinski definition) is 4. The maximum absolute atomic E-state index is 11.8. The van der Waals surface area contributed by atoms with E-state index in [-0.39, 0.29) is 30.1 Å². The first-order valence-corrected chi connectivity index (χ1v) is 5.36. The number of pyridine rings is 1. The number of nitriles is 1. The molecule has 0 saturated heterocycles. The number of esters is 1. The van der Waals surface area contributed by atoms with Crippen molar-refractivity contribution < 1.29 is 9.53 Å². The van der Waals surface area contributed by atoms with Crippen molar-refractivity contribution >= 4 is 5.97 Å². The van der Waals surface area contributed by atoms with E-state index in [4.69, 9.17) is 10.00 Å². The molecule has 0 unspecified atom stereocenters. The SMILES string of the molecule is CCOC(=O)CCn1c(C)ccc(C#N)c1=O.